The van der Waals surface area contributed by atoms with Crippen molar-refractivity contribution in [3.63, 3.8) is 0 Å². The fourth-order valence-corrected chi connectivity index (χ4v) is 2.29. The van der Waals surface area contributed by atoms with Crippen LogP contribution in [0.15, 0.2) is 37.0 Å². The Morgan fingerprint density at radius 2 is 1.95 bits per heavy atom. The van der Waals surface area contributed by atoms with E-state index in [9.17, 15) is 0 Å². The van der Waals surface area contributed by atoms with Crippen LogP contribution in [0.3, 0.4) is 0 Å². The van der Waals surface area contributed by atoms with Gasteiger partial charge in [-0.3, -0.25) is 0 Å². The highest BCUT2D eigenvalue weighted by atomic mass is 16.5. The maximum atomic E-state index is 5.83. The van der Waals surface area contributed by atoms with Crippen molar-refractivity contribution in [2.75, 3.05) is 27.4 Å². The first-order chi connectivity index (χ1) is 10.7. The van der Waals surface area contributed by atoms with Crippen LogP contribution in [0.2, 0.25) is 0 Å². The molecule has 118 valence electrons. The number of ether oxygens (including phenoxy) is 3. The van der Waals surface area contributed by atoms with Gasteiger partial charge in [-0.2, -0.15) is 0 Å². The Bertz CT molecular complexity index is 631. The third-order valence-electron chi connectivity index (χ3n) is 3.41. The topological polar surface area (TPSA) is 43.5 Å². The maximum absolute atomic E-state index is 5.83. The minimum Gasteiger partial charge on any atom is -0.493 e. The molecule has 0 aliphatic heterocycles. The molecule has 0 amide bonds. The van der Waals surface area contributed by atoms with Crippen molar-refractivity contribution in [2.45, 2.75) is 13.3 Å². The number of H-pyrrole nitrogens is 1. The summed E-state index contributed by atoms with van der Waals surface area (Å²) < 4.78 is 16.2. The van der Waals surface area contributed by atoms with Gasteiger partial charge in [0.25, 0.3) is 0 Å². The number of aromatic amines is 1. The van der Waals surface area contributed by atoms with Crippen LogP contribution in [-0.2, 0) is 4.74 Å². The zero-order chi connectivity index (χ0) is 15.9. The van der Waals surface area contributed by atoms with E-state index in [1.165, 1.54) is 0 Å². The van der Waals surface area contributed by atoms with Gasteiger partial charge in [-0.05, 0) is 36.8 Å². The number of aromatic nitrogens is 1. The molecule has 0 fully saturated rings. The van der Waals surface area contributed by atoms with Crippen molar-refractivity contribution in [1.29, 1.82) is 0 Å². The average molecular weight is 301 g/mol. The molecule has 4 heteroatoms. The number of benzene rings is 1. The molecule has 0 unspecified atom stereocenters. The smallest absolute Gasteiger partial charge is 0.161 e. The number of hydrogen-bond acceptors (Lipinski definition) is 3. The van der Waals surface area contributed by atoms with Crippen molar-refractivity contribution in [3.05, 3.63) is 42.6 Å². The monoisotopic (exact) mass is 301 g/mol. The SMILES string of the molecule is C=C(C)c1cc[nH]c1-c1ccc(OC)c(OCCCOC)c1. The summed E-state index contributed by atoms with van der Waals surface area (Å²) in [5.41, 5.74) is 4.22. The zero-order valence-electron chi connectivity index (χ0n) is 13.4. The summed E-state index contributed by atoms with van der Waals surface area (Å²) in [5.74, 6) is 1.46. The summed E-state index contributed by atoms with van der Waals surface area (Å²) in [6.07, 6.45) is 2.76. The lowest BCUT2D eigenvalue weighted by molar-refractivity contribution is 0.170. The van der Waals surface area contributed by atoms with E-state index in [1.54, 1.807) is 14.2 Å². The molecule has 1 N–H and O–H groups in total. The van der Waals surface area contributed by atoms with Gasteiger partial charge in [0.2, 0.25) is 0 Å². The standard InChI is InChI=1S/C18H23NO3/c1-13(2)15-8-9-19-18(15)14-6-7-16(21-4)17(12-14)22-11-5-10-20-3/h6-9,12,19H,1,5,10-11H2,2-4H3. The summed E-state index contributed by atoms with van der Waals surface area (Å²) in [7, 11) is 3.33. The first kappa shape index (κ1) is 16.2. The highest BCUT2D eigenvalue weighted by Crippen LogP contribution is 2.34. The van der Waals surface area contributed by atoms with Crippen LogP contribution in [0.1, 0.15) is 18.9 Å². The summed E-state index contributed by atoms with van der Waals surface area (Å²) in [5, 5.41) is 0. The molecule has 0 saturated carbocycles. The van der Waals surface area contributed by atoms with Gasteiger partial charge in [0.15, 0.2) is 11.5 Å². The van der Waals surface area contributed by atoms with Gasteiger partial charge in [0.1, 0.15) is 0 Å². The Morgan fingerprint density at radius 1 is 1.14 bits per heavy atom. The molecule has 1 aromatic carbocycles. The molecule has 22 heavy (non-hydrogen) atoms. The van der Waals surface area contributed by atoms with E-state index >= 15 is 0 Å². The van der Waals surface area contributed by atoms with Gasteiger partial charge < -0.3 is 19.2 Å². The number of allylic oxidation sites excluding steroid dienone is 1. The predicted octanol–water partition coefficient (Wildman–Crippen LogP) is 4.14. The Hall–Kier alpha value is -2.20. The van der Waals surface area contributed by atoms with Crippen LogP contribution < -0.4 is 9.47 Å². The molecule has 0 aliphatic carbocycles. The fraction of sp³-hybridized carbons (Fsp3) is 0.333. The Morgan fingerprint density at radius 3 is 2.64 bits per heavy atom. The number of nitrogens with one attached hydrogen (secondary N) is 1. The molecule has 0 radical (unpaired) electrons. The fourth-order valence-electron chi connectivity index (χ4n) is 2.29. The molecule has 0 bridgehead atoms. The second-order valence-corrected chi connectivity index (χ2v) is 5.11. The summed E-state index contributed by atoms with van der Waals surface area (Å²) >= 11 is 0. The van der Waals surface area contributed by atoms with E-state index < -0.39 is 0 Å². The van der Waals surface area contributed by atoms with Crippen molar-refractivity contribution in [1.82, 2.24) is 4.98 Å². The van der Waals surface area contributed by atoms with Crippen LogP contribution >= 0.6 is 0 Å². The van der Waals surface area contributed by atoms with E-state index in [4.69, 9.17) is 14.2 Å². The number of hydrogen-bond donors (Lipinski definition) is 1. The molecule has 4 nitrogen and oxygen atoms in total. The largest absolute Gasteiger partial charge is 0.493 e. The summed E-state index contributed by atoms with van der Waals surface area (Å²) in [6.45, 7) is 7.29. The van der Waals surface area contributed by atoms with Crippen LogP contribution in [0.4, 0.5) is 0 Å². The van der Waals surface area contributed by atoms with E-state index in [-0.39, 0.29) is 0 Å². The lowest BCUT2D eigenvalue weighted by Crippen LogP contribution is -2.02. The second-order valence-electron chi connectivity index (χ2n) is 5.11. The quantitative estimate of drug-likeness (QED) is 0.745. The lowest BCUT2D eigenvalue weighted by Gasteiger charge is -2.13. The van der Waals surface area contributed by atoms with Crippen molar-refractivity contribution in [3.8, 4) is 22.8 Å². The highest BCUT2D eigenvalue weighted by Gasteiger charge is 2.11. The molecule has 0 atom stereocenters. The maximum Gasteiger partial charge on any atom is 0.161 e. The molecule has 0 aliphatic rings. The van der Waals surface area contributed by atoms with Crippen molar-refractivity contribution < 1.29 is 14.2 Å². The van der Waals surface area contributed by atoms with Gasteiger partial charge in [-0.15, -0.1) is 0 Å². The van der Waals surface area contributed by atoms with Crippen molar-refractivity contribution >= 4 is 5.57 Å². The average Bonchev–Trinajstić information content (AvgIpc) is 3.01. The first-order valence-corrected chi connectivity index (χ1v) is 7.30. The highest BCUT2D eigenvalue weighted by molar-refractivity contribution is 5.78. The van der Waals surface area contributed by atoms with Crippen LogP contribution in [0, 0.1) is 0 Å². The second kappa shape index (κ2) is 7.71. The predicted molar refractivity (Wildman–Crippen MR) is 89.5 cm³/mol. The van der Waals surface area contributed by atoms with E-state index in [2.05, 4.69) is 11.6 Å². The molecule has 0 saturated heterocycles. The zero-order valence-corrected chi connectivity index (χ0v) is 13.4. The van der Waals surface area contributed by atoms with Gasteiger partial charge in [-0.1, -0.05) is 6.58 Å². The molecule has 1 heterocycles. The molecular formula is C18H23NO3. The molecular weight excluding hydrogens is 278 g/mol. The molecule has 1 aromatic heterocycles. The van der Waals surface area contributed by atoms with E-state index in [0.29, 0.717) is 13.2 Å². The van der Waals surface area contributed by atoms with Crippen molar-refractivity contribution in [2.24, 2.45) is 0 Å². The van der Waals surface area contributed by atoms with Crippen LogP contribution in [0.5, 0.6) is 11.5 Å². The number of methoxy groups -OCH3 is 2. The normalized spacial score (nSPS) is 10.5. The van der Waals surface area contributed by atoms with Gasteiger partial charge in [0.05, 0.1) is 19.4 Å². The van der Waals surface area contributed by atoms with Gasteiger partial charge in [-0.25, -0.2) is 0 Å². The van der Waals surface area contributed by atoms with E-state index in [0.717, 1.165) is 40.3 Å². The van der Waals surface area contributed by atoms with Crippen LogP contribution in [0.25, 0.3) is 16.8 Å². The first-order valence-electron chi connectivity index (χ1n) is 7.30. The molecule has 0 spiro atoms. The summed E-state index contributed by atoms with van der Waals surface area (Å²) in [4.78, 5) is 3.27. The van der Waals surface area contributed by atoms with Gasteiger partial charge in [0, 0.05) is 37.5 Å². The third-order valence-corrected chi connectivity index (χ3v) is 3.41. The van der Waals surface area contributed by atoms with Crippen LogP contribution in [-0.4, -0.2) is 32.4 Å². The minimum absolute atomic E-state index is 0.589. The lowest BCUT2D eigenvalue weighted by atomic mass is 10.0. The Kier molecular flexibility index (Phi) is 5.67. The minimum atomic E-state index is 0.589. The molecule has 2 rings (SSSR count). The Labute approximate surface area is 131 Å². The Balaban J connectivity index is 2.26. The van der Waals surface area contributed by atoms with E-state index in [1.807, 2.05) is 37.4 Å². The third kappa shape index (κ3) is 3.71. The molecule has 2 aromatic rings. The van der Waals surface area contributed by atoms with Gasteiger partial charge >= 0.3 is 0 Å². The summed E-state index contributed by atoms with van der Waals surface area (Å²) in [6, 6.07) is 7.95. The number of rotatable bonds is 8.